The summed E-state index contributed by atoms with van der Waals surface area (Å²) in [5.74, 6) is 0.922. The van der Waals surface area contributed by atoms with Gasteiger partial charge in [-0.3, -0.25) is 4.90 Å². The minimum Gasteiger partial charge on any atom is -0.497 e. The number of hydrogen-bond acceptors (Lipinski definition) is 3. The highest BCUT2D eigenvalue weighted by molar-refractivity contribution is 9.10. The zero-order valence-electron chi connectivity index (χ0n) is 13.5. The quantitative estimate of drug-likeness (QED) is 0.831. The fourth-order valence-corrected chi connectivity index (χ4v) is 3.27. The van der Waals surface area contributed by atoms with Crippen molar-refractivity contribution in [1.29, 1.82) is 0 Å². The number of likely N-dealkylation sites (tertiary alicyclic amines) is 1. The molecule has 23 heavy (non-hydrogen) atoms. The molecule has 3 rings (SSSR count). The van der Waals surface area contributed by atoms with E-state index in [1.165, 1.54) is 24.1 Å². The molecule has 0 bridgehead atoms. The summed E-state index contributed by atoms with van der Waals surface area (Å²) in [7, 11) is 1.71. The van der Waals surface area contributed by atoms with Crippen molar-refractivity contribution in [2.45, 2.75) is 25.4 Å². The van der Waals surface area contributed by atoms with Gasteiger partial charge in [-0.1, -0.05) is 28.1 Å². The molecule has 2 aromatic carbocycles. The fourth-order valence-electron chi connectivity index (χ4n) is 3.01. The summed E-state index contributed by atoms with van der Waals surface area (Å²) in [5, 5.41) is 3.64. The number of ether oxygens (including phenoxy) is 1. The molecule has 1 N–H and O–H groups in total. The summed E-state index contributed by atoms with van der Waals surface area (Å²) in [6, 6.07) is 17.4. The lowest BCUT2D eigenvalue weighted by molar-refractivity contribution is 0.211. The van der Waals surface area contributed by atoms with Crippen molar-refractivity contribution in [3.05, 3.63) is 58.6 Å². The van der Waals surface area contributed by atoms with Crippen molar-refractivity contribution < 1.29 is 4.74 Å². The molecule has 0 aliphatic carbocycles. The maximum absolute atomic E-state index is 5.21. The first kappa shape index (κ1) is 16.3. The summed E-state index contributed by atoms with van der Waals surface area (Å²) < 4.78 is 6.33. The lowest BCUT2D eigenvalue weighted by Gasteiger charge is -2.33. The average Bonchev–Trinajstić information content (AvgIpc) is 2.59. The van der Waals surface area contributed by atoms with Gasteiger partial charge in [-0.25, -0.2) is 0 Å². The molecular formula is C19H23BrN2O. The van der Waals surface area contributed by atoms with Crippen LogP contribution in [0, 0.1) is 0 Å². The first-order valence-corrected chi connectivity index (χ1v) is 8.89. The predicted octanol–water partition coefficient (Wildman–Crippen LogP) is 4.53. The molecule has 2 aromatic rings. The first-order chi connectivity index (χ1) is 11.2. The molecule has 4 heteroatoms. The Balaban J connectivity index is 1.47. The maximum atomic E-state index is 5.21. The van der Waals surface area contributed by atoms with E-state index < -0.39 is 0 Å². The van der Waals surface area contributed by atoms with Gasteiger partial charge in [0.15, 0.2) is 0 Å². The van der Waals surface area contributed by atoms with Crippen molar-refractivity contribution in [2.24, 2.45) is 0 Å². The van der Waals surface area contributed by atoms with Crippen LogP contribution >= 0.6 is 15.9 Å². The normalized spacial score (nSPS) is 16.3. The third-order valence-electron chi connectivity index (χ3n) is 4.37. The van der Waals surface area contributed by atoms with Crippen LogP contribution < -0.4 is 10.1 Å². The number of benzene rings is 2. The fraction of sp³-hybridized carbons (Fsp3) is 0.368. The van der Waals surface area contributed by atoms with E-state index in [2.05, 4.69) is 62.5 Å². The number of methoxy groups -OCH3 is 1. The zero-order chi connectivity index (χ0) is 16.1. The summed E-state index contributed by atoms with van der Waals surface area (Å²) >= 11 is 3.48. The Hall–Kier alpha value is -1.52. The first-order valence-electron chi connectivity index (χ1n) is 8.10. The zero-order valence-corrected chi connectivity index (χ0v) is 15.1. The lowest BCUT2D eigenvalue weighted by atomic mass is 10.0. The number of hydrogen-bond donors (Lipinski definition) is 1. The third kappa shape index (κ3) is 4.72. The second kappa shape index (κ2) is 7.84. The van der Waals surface area contributed by atoms with Crippen LogP contribution in [0.5, 0.6) is 5.75 Å². The summed E-state index contributed by atoms with van der Waals surface area (Å²) in [6.45, 7) is 3.30. The van der Waals surface area contributed by atoms with E-state index in [0.29, 0.717) is 6.04 Å². The molecule has 122 valence electrons. The van der Waals surface area contributed by atoms with Gasteiger partial charge in [0.05, 0.1) is 7.11 Å². The van der Waals surface area contributed by atoms with Crippen molar-refractivity contribution in [1.82, 2.24) is 4.90 Å². The highest BCUT2D eigenvalue weighted by Gasteiger charge is 2.19. The highest BCUT2D eigenvalue weighted by atomic mass is 79.9. The summed E-state index contributed by atoms with van der Waals surface area (Å²) in [5.41, 5.74) is 2.56. The topological polar surface area (TPSA) is 24.5 Å². The largest absolute Gasteiger partial charge is 0.497 e. The van der Waals surface area contributed by atoms with Crippen LogP contribution in [0.15, 0.2) is 53.0 Å². The van der Waals surface area contributed by atoms with E-state index in [-0.39, 0.29) is 0 Å². The Labute approximate surface area is 146 Å². The average molecular weight is 375 g/mol. The molecule has 1 heterocycles. The van der Waals surface area contributed by atoms with Crippen molar-refractivity contribution >= 4 is 21.6 Å². The van der Waals surface area contributed by atoms with Crippen molar-refractivity contribution in [2.75, 3.05) is 25.5 Å². The SMILES string of the molecule is COc1ccc(CN2CCC(Nc3ccc(Br)cc3)CC2)cc1. The van der Waals surface area contributed by atoms with Gasteiger partial charge in [0.25, 0.3) is 0 Å². The molecular weight excluding hydrogens is 352 g/mol. The Bertz CT molecular complexity index is 604. The van der Waals surface area contributed by atoms with E-state index in [4.69, 9.17) is 4.74 Å². The Morgan fingerprint density at radius 1 is 1.04 bits per heavy atom. The molecule has 1 fully saturated rings. The Morgan fingerprint density at radius 3 is 2.30 bits per heavy atom. The second-order valence-electron chi connectivity index (χ2n) is 6.05. The molecule has 1 saturated heterocycles. The minimum atomic E-state index is 0.572. The number of piperidine rings is 1. The van der Waals surface area contributed by atoms with Crippen molar-refractivity contribution in [3.63, 3.8) is 0 Å². The highest BCUT2D eigenvalue weighted by Crippen LogP contribution is 2.20. The van der Waals surface area contributed by atoms with Crippen LogP contribution in [0.25, 0.3) is 0 Å². The molecule has 0 aromatic heterocycles. The van der Waals surface area contributed by atoms with E-state index in [0.717, 1.165) is 29.9 Å². The van der Waals surface area contributed by atoms with Gasteiger partial charge >= 0.3 is 0 Å². The monoisotopic (exact) mass is 374 g/mol. The number of anilines is 1. The van der Waals surface area contributed by atoms with Crippen LogP contribution in [0.4, 0.5) is 5.69 Å². The Kier molecular flexibility index (Phi) is 5.57. The number of nitrogens with one attached hydrogen (secondary N) is 1. The van der Waals surface area contributed by atoms with Gasteiger partial charge in [-0.15, -0.1) is 0 Å². The minimum absolute atomic E-state index is 0.572. The molecule has 3 nitrogen and oxygen atoms in total. The Morgan fingerprint density at radius 2 is 1.70 bits per heavy atom. The molecule has 1 aliphatic heterocycles. The number of rotatable bonds is 5. The predicted molar refractivity (Wildman–Crippen MR) is 99.1 cm³/mol. The summed E-state index contributed by atoms with van der Waals surface area (Å²) in [6.07, 6.45) is 2.37. The van der Waals surface area contributed by atoms with Gasteiger partial charge in [0, 0.05) is 35.8 Å². The van der Waals surface area contributed by atoms with E-state index in [9.17, 15) is 0 Å². The maximum Gasteiger partial charge on any atom is 0.118 e. The van der Waals surface area contributed by atoms with E-state index >= 15 is 0 Å². The standard InChI is InChI=1S/C19H23BrN2O/c1-23-19-8-2-15(3-9-19)14-22-12-10-18(11-13-22)21-17-6-4-16(20)5-7-17/h2-9,18,21H,10-14H2,1H3. The van der Waals surface area contributed by atoms with Gasteiger partial charge < -0.3 is 10.1 Å². The van der Waals surface area contributed by atoms with Crippen LogP contribution in [-0.2, 0) is 6.54 Å². The second-order valence-corrected chi connectivity index (χ2v) is 6.97. The van der Waals surface area contributed by atoms with Crippen molar-refractivity contribution in [3.8, 4) is 5.75 Å². The number of halogens is 1. The van der Waals surface area contributed by atoms with Gasteiger partial charge in [-0.05, 0) is 54.8 Å². The molecule has 1 aliphatic rings. The van der Waals surface area contributed by atoms with Gasteiger partial charge in [0.2, 0.25) is 0 Å². The molecule has 0 amide bonds. The molecule has 0 atom stereocenters. The molecule has 0 radical (unpaired) electrons. The molecule has 0 unspecified atom stereocenters. The third-order valence-corrected chi connectivity index (χ3v) is 4.90. The summed E-state index contributed by atoms with van der Waals surface area (Å²) in [4.78, 5) is 2.53. The van der Waals surface area contributed by atoms with Crippen LogP contribution in [0.3, 0.4) is 0 Å². The van der Waals surface area contributed by atoms with Gasteiger partial charge in [0.1, 0.15) is 5.75 Å². The van der Waals surface area contributed by atoms with E-state index in [1.54, 1.807) is 7.11 Å². The van der Waals surface area contributed by atoms with Gasteiger partial charge in [-0.2, -0.15) is 0 Å². The number of nitrogens with zero attached hydrogens (tertiary/aromatic N) is 1. The smallest absolute Gasteiger partial charge is 0.118 e. The van der Waals surface area contributed by atoms with Crippen LogP contribution in [0.1, 0.15) is 18.4 Å². The molecule has 0 saturated carbocycles. The lowest BCUT2D eigenvalue weighted by Crippen LogP contribution is -2.38. The van der Waals surface area contributed by atoms with Crippen LogP contribution in [0.2, 0.25) is 0 Å². The van der Waals surface area contributed by atoms with E-state index in [1.807, 2.05) is 12.1 Å². The molecule has 0 spiro atoms. The van der Waals surface area contributed by atoms with Crippen LogP contribution in [-0.4, -0.2) is 31.1 Å².